The molecule has 178 valence electrons. The van der Waals surface area contributed by atoms with E-state index in [9.17, 15) is 9.59 Å². The Morgan fingerprint density at radius 1 is 0.939 bits per heavy atom. The van der Waals surface area contributed by atoms with Gasteiger partial charge in [0.05, 0.1) is 21.3 Å². The summed E-state index contributed by atoms with van der Waals surface area (Å²) in [7, 11) is 4.66. The molecule has 2 atom stereocenters. The smallest absolute Gasteiger partial charge is 0.315 e. The van der Waals surface area contributed by atoms with E-state index in [1.54, 1.807) is 27.4 Å². The van der Waals surface area contributed by atoms with Gasteiger partial charge in [-0.1, -0.05) is 12.5 Å². The molecule has 1 saturated carbocycles. The molecule has 0 spiro atoms. The van der Waals surface area contributed by atoms with Gasteiger partial charge < -0.3 is 18.9 Å². The Balaban J connectivity index is 1.83. The van der Waals surface area contributed by atoms with Crippen molar-refractivity contribution in [3.05, 3.63) is 29.0 Å². The van der Waals surface area contributed by atoms with Crippen molar-refractivity contribution in [2.75, 3.05) is 21.3 Å². The highest BCUT2D eigenvalue weighted by molar-refractivity contribution is 6.09. The lowest BCUT2D eigenvalue weighted by atomic mass is 9.71. The van der Waals surface area contributed by atoms with E-state index in [-0.39, 0.29) is 17.9 Å². The van der Waals surface area contributed by atoms with Crippen LogP contribution in [-0.4, -0.2) is 44.9 Å². The SMILES string of the molecule is COc1ccc([C@H]2C3=C(CCCC3=O)N=C(C)C2C(=O)OC2CCCCC2)c(OC)c1OC. The predicted octanol–water partition coefficient (Wildman–Crippen LogP) is 4.77. The molecule has 33 heavy (non-hydrogen) atoms. The normalized spacial score (nSPS) is 23.5. The first-order valence-corrected chi connectivity index (χ1v) is 11.8. The van der Waals surface area contributed by atoms with Crippen molar-refractivity contribution in [3.63, 3.8) is 0 Å². The lowest BCUT2D eigenvalue weighted by Gasteiger charge is -2.36. The number of esters is 1. The maximum atomic E-state index is 13.6. The average Bonchev–Trinajstić information content (AvgIpc) is 2.82. The number of ketones is 1. The van der Waals surface area contributed by atoms with Gasteiger partial charge in [-0.05, 0) is 51.5 Å². The van der Waals surface area contributed by atoms with Crippen molar-refractivity contribution >= 4 is 17.5 Å². The van der Waals surface area contributed by atoms with Crippen LogP contribution in [0.4, 0.5) is 0 Å². The molecule has 7 nitrogen and oxygen atoms in total. The molecule has 1 heterocycles. The van der Waals surface area contributed by atoms with E-state index in [4.69, 9.17) is 23.9 Å². The number of nitrogens with zero attached hydrogens (tertiary/aromatic N) is 1. The maximum Gasteiger partial charge on any atom is 0.315 e. The zero-order valence-corrected chi connectivity index (χ0v) is 19.9. The minimum Gasteiger partial charge on any atom is -0.493 e. The van der Waals surface area contributed by atoms with Crippen molar-refractivity contribution in [2.45, 2.75) is 70.3 Å². The molecule has 0 bridgehead atoms. The number of allylic oxidation sites excluding steroid dienone is 2. The minimum atomic E-state index is -0.695. The van der Waals surface area contributed by atoms with E-state index in [0.29, 0.717) is 40.5 Å². The molecule has 7 heteroatoms. The number of carbonyl (C=O) groups is 2. The molecule has 1 unspecified atom stereocenters. The molecule has 1 aliphatic heterocycles. The standard InChI is InChI=1S/C26H33NO6/c1-15-21(26(29)33-16-9-6-5-7-10-16)22(23-18(27-15)11-8-12-19(23)28)17-13-14-20(30-2)25(32-4)24(17)31-3/h13-14,16,21-22H,5-12H2,1-4H3/t21?,22-/m1/s1. The second-order valence-electron chi connectivity index (χ2n) is 8.97. The summed E-state index contributed by atoms with van der Waals surface area (Å²) in [4.78, 5) is 31.5. The Morgan fingerprint density at radius 3 is 2.33 bits per heavy atom. The quantitative estimate of drug-likeness (QED) is 0.575. The number of benzene rings is 1. The molecule has 3 aliphatic rings. The summed E-state index contributed by atoms with van der Waals surface area (Å²) in [6, 6.07) is 3.64. The zero-order chi connectivity index (χ0) is 23.5. The van der Waals surface area contributed by atoms with Crippen LogP contribution < -0.4 is 14.2 Å². The number of rotatable bonds is 6. The number of aliphatic imine (C=N–C) groups is 1. The third-order valence-corrected chi connectivity index (χ3v) is 6.99. The molecule has 1 fully saturated rings. The first kappa shape index (κ1) is 23.3. The zero-order valence-electron chi connectivity index (χ0n) is 19.9. The van der Waals surface area contributed by atoms with Crippen LogP contribution in [0, 0.1) is 5.92 Å². The van der Waals surface area contributed by atoms with Gasteiger partial charge in [0.25, 0.3) is 0 Å². The fraction of sp³-hybridized carbons (Fsp3) is 0.577. The van der Waals surface area contributed by atoms with Crippen molar-refractivity contribution in [3.8, 4) is 17.2 Å². The number of carbonyl (C=O) groups excluding carboxylic acids is 2. The predicted molar refractivity (Wildman–Crippen MR) is 124 cm³/mol. The second kappa shape index (κ2) is 9.98. The first-order chi connectivity index (χ1) is 16.0. The van der Waals surface area contributed by atoms with Crippen molar-refractivity contribution < 1.29 is 28.5 Å². The average molecular weight is 456 g/mol. The molecule has 0 radical (unpaired) electrons. The summed E-state index contributed by atoms with van der Waals surface area (Å²) in [5.74, 6) is -0.125. The molecule has 1 aromatic rings. The van der Waals surface area contributed by atoms with Crippen molar-refractivity contribution in [1.29, 1.82) is 0 Å². The summed E-state index contributed by atoms with van der Waals surface area (Å²) >= 11 is 0. The molecule has 2 aliphatic carbocycles. The fourth-order valence-electron chi connectivity index (χ4n) is 5.44. The van der Waals surface area contributed by atoms with Gasteiger partial charge in [-0.15, -0.1) is 0 Å². The van der Waals surface area contributed by atoms with E-state index in [1.165, 1.54) is 6.42 Å². The van der Waals surface area contributed by atoms with Gasteiger partial charge in [-0.25, -0.2) is 0 Å². The Hall–Kier alpha value is -2.83. The lowest BCUT2D eigenvalue weighted by molar-refractivity contribution is -0.153. The van der Waals surface area contributed by atoms with Gasteiger partial charge in [-0.2, -0.15) is 0 Å². The maximum absolute atomic E-state index is 13.6. The molecule has 4 rings (SSSR count). The molecular weight excluding hydrogens is 422 g/mol. The van der Waals surface area contributed by atoms with Gasteiger partial charge in [0, 0.05) is 34.9 Å². The van der Waals surface area contributed by atoms with Crippen LogP contribution in [-0.2, 0) is 14.3 Å². The summed E-state index contributed by atoms with van der Waals surface area (Å²) < 4.78 is 22.8. The highest BCUT2D eigenvalue weighted by Crippen LogP contribution is 2.50. The topological polar surface area (TPSA) is 83.4 Å². The van der Waals surface area contributed by atoms with Crippen LogP contribution in [0.3, 0.4) is 0 Å². The van der Waals surface area contributed by atoms with Gasteiger partial charge in [0.15, 0.2) is 17.3 Å². The van der Waals surface area contributed by atoms with Crippen LogP contribution in [0.25, 0.3) is 0 Å². The van der Waals surface area contributed by atoms with Crippen LogP contribution in [0.5, 0.6) is 17.2 Å². The Morgan fingerprint density at radius 2 is 1.67 bits per heavy atom. The van der Waals surface area contributed by atoms with E-state index in [0.717, 1.165) is 44.2 Å². The molecule has 0 aromatic heterocycles. The minimum absolute atomic E-state index is 0.0322. The van der Waals surface area contributed by atoms with Crippen LogP contribution in [0.2, 0.25) is 0 Å². The van der Waals surface area contributed by atoms with E-state index >= 15 is 0 Å². The number of hydrogen-bond acceptors (Lipinski definition) is 7. The molecule has 0 N–H and O–H groups in total. The molecule has 0 saturated heterocycles. The van der Waals surface area contributed by atoms with Crippen LogP contribution in [0.15, 0.2) is 28.4 Å². The van der Waals surface area contributed by atoms with Crippen molar-refractivity contribution in [2.24, 2.45) is 10.9 Å². The largest absolute Gasteiger partial charge is 0.493 e. The number of ether oxygens (including phenoxy) is 4. The molecular formula is C26H33NO6. The highest BCUT2D eigenvalue weighted by atomic mass is 16.5. The van der Waals surface area contributed by atoms with E-state index in [2.05, 4.69) is 0 Å². The number of hydrogen-bond donors (Lipinski definition) is 0. The van der Waals surface area contributed by atoms with Gasteiger partial charge >= 0.3 is 5.97 Å². The monoisotopic (exact) mass is 455 g/mol. The van der Waals surface area contributed by atoms with Gasteiger partial charge in [-0.3, -0.25) is 14.6 Å². The second-order valence-corrected chi connectivity index (χ2v) is 8.97. The third kappa shape index (κ3) is 4.37. The van der Waals surface area contributed by atoms with E-state index < -0.39 is 11.8 Å². The van der Waals surface area contributed by atoms with Gasteiger partial charge in [0.2, 0.25) is 5.75 Å². The summed E-state index contributed by atoms with van der Waals surface area (Å²) in [6.45, 7) is 1.86. The van der Waals surface area contributed by atoms with Crippen LogP contribution in [0.1, 0.15) is 69.8 Å². The molecule has 0 amide bonds. The molecule has 1 aromatic carbocycles. The van der Waals surface area contributed by atoms with Crippen molar-refractivity contribution in [1.82, 2.24) is 0 Å². The fourth-order valence-corrected chi connectivity index (χ4v) is 5.44. The third-order valence-electron chi connectivity index (χ3n) is 6.99. The Labute approximate surface area is 195 Å². The van der Waals surface area contributed by atoms with E-state index in [1.807, 2.05) is 13.0 Å². The number of methoxy groups -OCH3 is 3. The summed E-state index contributed by atoms with van der Waals surface area (Å²) in [5, 5.41) is 0. The Bertz CT molecular complexity index is 989. The highest BCUT2D eigenvalue weighted by Gasteiger charge is 2.45. The first-order valence-electron chi connectivity index (χ1n) is 11.8. The summed E-state index contributed by atoms with van der Waals surface area (Å²) in [6.07, 6.45) is 6.92. The van der Waals surface area contributed by atoms with Gasteiger partial charge in [0.1, 0.15) is 12.0 Å². The Kier molecular flexibility index (Phi) is 7.05. The van der Waals surface area contributed by atoms with Crippen LogP contribution >= 0.6 is 0 Å². The summed E-state index contributed by atoms with van der Waals surface area (Å²) in [5.41, 5.74) is 2.75. The lowest BCUT2D eigenvalue weighted by Crippen LogP contribution is -2.39. The number of Topliss-reactive ketones (excluding diaryl/α,β-unsaturated/α-hetero) is 1.